The number of aryl methyl sites for hydroxylation is 1. The first-order chi connectivity index (χ1) is 14.2. The predicted molar refractivity (Wildman–Crippen MR) is 105 cm³/mol. The Hall–Kier alpha value is -3.49. The Labute approximate surface area is 168 Å². The predicted octanol–water partition coefficient (Wildman–Crippen LogP) is 2.15. The largest absolute Gasteiger partial charge is 0.485 e. The van der Waals surface area contributed by atoms with Crippen LogP contribution >= 0.6 is 0 Å². The molecule has 29 heavy (non-hydrogen) atoms. The molecule has 1 atom stereocenters. The van der Waals surface area contributed by atoms with Crippen molar-refractivity contribution in [1.82, 2.24) is 25.4 Å². The molecule has 0 saturated carbocycles. The van der Waals surface area contributed by atoms with Crippen LogP contribution in [-0.4, -0.2) is 45.1 Å². The normalized spacial score (nSPS) is 16.4. The van der Waals surface area contributed by atoms with Crippen LogP contribution < -0.4 is 15.0 Å². The molecular weight excluding hydrogens is 372 g/mol. The van der Waals surface area contributed by atoms with Crippen LogP contribution in [0.1, 0.15) is 34.9 Å². The summed E-state index contributed by atoms with van der Waals surface area (Å²) in [6.07, 6.45) is 5.31. The van der Waals surface area contributed by atoms with Crippen LogP contribution in [0.5, 0.6) is 5.75 Å². The van der Waals surface area contributed by atoms with Crippen molar-refractivity contribution < 1.29 is 14.1 Å². The molecule has 0 aliphatic carbocycles. The summed E-state index contributed by atoms with van der Waals surface area (Å²) in [6.45, 7) is 3.39. The Morgan fingerprint density at radius 1 is 1.28 bits per heavy atom. The molecule has 0 spiro atoms. The van der Waals surface area contributed by atoms with Crippen molar-refractivity contribution in [2.45, 2.75) is 32.4 Å². The summed E-state index contributed by atoms with van der Waals surface area (Å²) in [7, 11) is 0. The Kier molecular flexibility index (Phi) is 5.64. The third-order valence-corrected chi connectivity index (χ3v) is 4.65. The third kappa shape index (κ3) is 4.68. The minimum atomic E-state index is -0.175. The Morgan fingerprint density at radius 3 is 2.90 bits per heavy atom. The molecule has 4 rings (SSSR count). The zero-order chi connectivity index (χ0) is 20.1. The number of anilines is 1. The number of rotatable bonds is 6. The highest BCUT2D eigenvalue weighted by molar-refractivity contribution is 5.97. The van der Waals surface area contributed by atoms with E-state index < -0.39 is 0 Å². The molecule has 1 unspecified atom stereocenters. The molecule has 0 bridgehead atoms. The van der Waals surface area contributed by atoms with Crippen molar-refractivity contribution in [1.29, 1.82) is 0 Å². The zero-order valence-electron chi connectivity index (χ0n) is 16.1. The Morgan fingerprint density at radius 2 is 2.10 bits per heavy atom. The fourth-order valence-corrected chi connectivity index (χ4v) is 3.32. The lowest BCUT2D eigenvalue weighted by Gasteiger charge is -2.33. The van der Waals surface area contributed by atoms with Crippen LogP contribution in [0.25, 0.3) is 0 Å². The van der Waals surface area contributed by atoms with E-state index in [1.54, 1.807) is 37.5 Å². The van der Waals surface area contributed by atoms with Gasteiger partial charge in [-0.25, -0.2) is 9.97 Å². The van der Waals surface area contributed by atoms with Crippen LogP contribution in [0, 0.1) is 6.92 Å². The molecule has 9 nitrogen and oxygen atoms in total. The second kappa shape index (κ2) is 8.68. The van der Waals surface area contributed by atoms with Crippen LogP contribution in [0.3, 0.4) is 0 Å². The zero-order valence-corrected chi connectivity index (χ0v) is 16.1. The van der Waals surface area contributed by atoms with Crippen LogP contribution in [0.2, 0.25) is 0 Å². The lowest BCUT2D eigenvalue weighted by Crippen LogP contribution is -2.48. The minimum Gasteiger partial charge on any atom is -0.485 e. The lowest BCUT2D eigenvalue weighted by molar-refractivity contribution is 0.0928. The van der Waals surface area contributed by atoms with Gasteiger partial charge in [0.1, 0.15) is 5.75 Å². The van der Waals surface area contributed by atoms with Gasteiger partial charge in [0.2, 0.25) is 17.7 Å². The van der Waals surface area contributed by atoms with E-state index in [0.717, 1.165) is 19.4 Å². The summed E-state index contributed by atoms with van der Waals surface area (Å²) in [6, 6.07) is 8.93. The molecule has 9 heteroatoms. The average Bonchev–Trinajstić information content (AvgIpc) is 3.18. The van der Waals surface area contributed by atoms with Gasteiger partial charge in [0, 0.05) is 38.4 Å². The molecule has 3 aromatic rings. The first-order valence-corrected chi connectivity index (χ1v) is 9.53. The molecule has 1 aliphatic rings. The van der Waals surface area contributed by atoms with E-state index in [1.807, 2.05) is 12.1 Å². The standard InChI is InChI=1S/C20H22N6O3/c1-14-23-18(25-29-14)13-28-17-8-3-2-7-16(17)19(27)24-15-6-4-11-26(12-15)20-21-9-5-10-22-20/h2-3,5,7-10,15H,4,6,11-13H2,1H3,(H,24,27). The quantitative estimate of drug-likeness (QED) is 0.678. The maximum absolute atomic E-state index is 12.9. The molecular formula is C20H22N6O3. The van der Waals surface area contributed by atoms with Crippen LogP contribution in [0.15, 0.2) is 47.2 Å². The summed E-state index contributed by atoms with van der Waals surface area (Å²) in [4.78, 5) is 27.7. The maximum atomic E-state index is 12.9. The molecule has 0 radical (unpaired) electrons. The highest BCUT2D eigenvalue weighted by Crippen LogP contribution is 2.21. The van der Waals surface area contributed by atoms with E-state index in [-0.39, 0.29) is 18.6 Å². The van der Waals surface area contributed by atoms with E-state index in [1.165, 1.54) is 0 Å². The topological polar surface area (TPSA) is 106 Å². The van der Waals surface area contributed by atoms with Gasteiger partial charge in [-0.3, -0.25) is 4.79 Å². The summed E-state index contributed by atoms with van der Waals surface area (Å²) in [5, 5.41) is 6.92. The molecule has 1 fully saturated rings. The smallest absolute Gasteiger partial charge is 0.255 e. The molecule has 1 aromatic carbocycles. The van der Waals surface area contributed by atoms with Crippen molar-refractivity contribution in [3.8, 4) is 5.75 Å². The molecule has 3 heterocycles. The van der Waals surface area contributed by atoms with E-state index in [0.29, 0.717) is 35.5 Å². The minimum absolute atomic E-state index is 0.00738. The molecule has 1 aliphatic heterocycles. The van der Waals surface area contributed by atoms with Gasteiger partial charge in [-0.1, -0.05) is 17.3 Å². The van der Waals surface area contributed by atoms with E-state index >= 15 is 0 Å². The number of carbonyl (C=O) groups is 1. The number of hydrogen-bond donors (Lipinski definition) is 1. The van der Waals surface area contributed by atoms with E-state index in [9.17, 15) is 4.79 Å². The fraction of sp³-hybridized carbons (Fsp3) is 0.350. The van der Waals surface area contributed by atoms with Gasteiger partial charge in [-0.2, -0.15) is 4.98 Å². The number of amides is 1. The molecule has 1 N–H and O–H groups in total. The van der Waals surface area contributed by atoms with Gasteiger partial charge < -0.3 is 19.5 Å². The van der Waals surface area contributed by atoms with Crippen molar-refractivity contribution >= 4 is 11.9 Å². The Balaban J connectivity index is 1.40. The van der Waals surface area contributed by atoms with Gasteiger partial charge >= 0.3 is 0 Å². The number of benzene rings is 1. The monoisotopic (exact) mass is 394 g/mol. The highest BCUT2D eigenvalue weighted by Gasteiger charge is 2.24. The fourth-order valence-electron chi connectivity index (χ4n) is 3.32. The summed E-state index contributed by atoms with van der Waals surface area (Å²) >= 11 is 0. The number of nitrogens with zero attached hydrogens (tertiary/aromatic N) is 5. The van der Waals surface area contributed by atoms with Gasteiger partial charge in [0.15, 0.2) is 6.61 Å². The molecule has 150 valence electrons. The van der Waals surface area contributed by atoms with Gasteiger partial charge in [-0.15, -0.1) is 0 Å². The van der Waals surface area contributed by atoms with Crippen LogP contribution in [0.4, 0.5) is 5.95 Å². The van der Waals surface area contributed by atoms with Crippen molar-refractivity contribution in [2.75, 3.05) is 18.0 Å². The summed E-state index contributed by atoms with van der Waals surface area (Å²) < 4.78 is 10.7. The van der Waals surface area contributed by atoms with E-state index in [2.05, 4.69) is 30.3 Å². The summed E-state index contributed by atoms with van der Waals surface area (Å²) in [5.41, 5.74) is 0.473. The second-order valence-electron chi connectivity index (χ2n) is 6.82. The molecule has 2 aromatic heterocycles. The summed E-state index contributed by atoms with van der Waals surface area (Å²) in [5.74, 6) is 1.89. The number of carbonyl (C=O) groups excluding carboxylic acids is 1. The number of ether oxygens (including phenoxy) is 1. The number of aromatic nitrogens is 4. The average molecular weight is 394 g/mol. The highest BCUT2D eigenvalue weighted by atomic mass is 16.5. The lowest BCUT2D eigenvalue weighted by atomic mass is 10.1. The van der Waals surface area contributed by atoms with Crippen molar-refractivity contribution in [2.24, 2.45) is 0 Å². The van der Waals surface area contributed by atoms with Gasteiger partial charge in [-0.05, 0) is 31.0 Å². The first kappa shape index (κ1) is 18.9. The maximum Gasteiger partial charge on any atom is 0.255 e. The first-order valence-electron chi connectivity index (χ1n) is 9.53. The van der Waals surface area contributed by atoms with Crippen molar-refractivity contribution in [3.05, 3.63) is 60.0 Å². The number of hydrogen-bond acceptors (Lipinski definition) is 8. The van der Waals surface area contributed by atoms with Crippen LogP contribution in [-0.2, 0) is 6.61 Å². The molecule has 1 saturated heterocycles. The Bertz CT molecular complexity index is 962. The van der Waals surface area contributed by atoms with Crippen molar-refractivity contribution in [3.63, 3.8) is 0 Å². The number of nitrogens with one attached hydrogen (secondary N) is 1. The molecule has 1 amide bonds. The van der Waals surface area contributed by atoms with E-state index in [4.69, 9.17) is 9.26 Å². The third-order valence-electron chi connectivity index (χ3n) is 4.65. The SMILES string of the molecule is Cc1nc(COc2ccccc2C(=O)NC2CCCN(c3ncccn3)C2)no1. The number of piperidine rings is 1. The van der Waals surface area contributed by atoms with Gasteiger partial charge in [0.25, 0.3) is 5.91 Å². The van der Waals surface area contributed by atoms with Gasteiger partial charge in [0.05, 0.1) is 5.56 Å². The second-order valence-corrected chi connectivity index (χ2v) is 6.82. The number of para-hydroxylation sites is 1.